The van der Waals surface area contributed by atoms with Crippen LogP contribution in [0.1, 0.15) is 60.2 Å². The van der Waals surface area contributed by atoms with Crippen LogP contribution >= 0.6 is 22.9 Å². The van der Waals surface area contributed by atoms with Crippen molar-refractivity contribution in [3.05, 3.63) is 68.6 Å². The molecule has 0 bridgehead atoms. The van der Waals surface area contributed by atoms with Gasteiger partial charge in [0.1, 0.15) is 12.2 Å². The first-order valence-corrected chi connectivity index (χ1v) is 14.4. The van der Waals surface area contributed by atoms with Crippen LogP contribution in [-0.2, 0) is 20.7 Å². The van der Waals surface area contributed by atoms with Gasteiger partial charge in [0.2, 0.25) is 0 Å². The Kier molecular flexibility index (Phi) is 9.59. The molecule has 9 nitrogen and oxygen atoms in total. The molecule has 220 valence electrons. The summed E-state index contributed by atoms with van der Waals surface area (Å²) in [6.45, 7) is 5.71. The standard InChI is InChI=1S/C30H35ClN2O7S/c1-17(11-26(35)36)24-14-32-25(41-24)13-23-29(37)33(15-30(2,3)16-34)21-10-9-18(31)12-20(21)27(40-23)19-7-6-8-22(38-4)28(19)39-5/h6-10,12,14,17,23,27,34H,11,13,15-16H2,1-5H3,(H,35,36)/t17?,23-,27-/m1/s1. The Morgan fingerprint density at radius 1 is 1.22 bits per heavy atom. The summed E-state index contributed by atoms with van der Waals surface area (Å²) in [7, 11) is 3.10. The predicted octanol–water partition coefficient (Wildman–Crippen LogP) is 5.47. The van der Waals surface area contributed by atoms with Gasteiger partial charge in [-0.15, -0.1) is 11.3 Å². The number of aromatic nitrogens is 1. The van der Waals surface area contributed by atoms with Crippen molar-refractivity contribution >= 4 is 40.5 Å². The molecule has 4 rings (SSSR count). The maximum atomic E-state index is 14.3. The number of aliphatic carboxylic acids is 1. The van der Waals surface area contributed by atoms with Crippen molar-refractivity contribution in [1.82, 2.24) is 4.98 Å². The summed E-state index contributed by atoms with van der Waals surface area (Å²) >= 11 is 7.86. The Bertz CT molecular complexity index is 1410. The van der Waals surface area contributed by atoms with Gasteiger partial charge in [-0.3, -0.25) is 9.59 Å². The molecule has 1 amide bonds. The fourth-order valence-corrected chi connectivity index (χ4v) is 6.06. The van der Waals surface area contributed by atoms with E-state index >= 15 is 0 Å². The van der Waals surface area contributed by atoms with Gasteiger partial charge in [0.25, 0.3) is 5.91 Å². The van der Waals surface area contributed by atoms with Crippen LogP contribution in [0.2, 0.25) is 5.02 Å². The van der Waals surface area contributed by atoms with E-state index in [1.54, 1.807) is 49.6 Å². The number of carboxylic acids is 1. The van der Waals surface area contributed by atoms with E-state index in [1.807, 2.05) is 32.9 Å². The lowest BCUT2D eigenvalue weighted by atomic mass is 9.92. The Morgan fingerprint density at radius 3 is 2.63 bits per heavy atom. The average Bonchev–Trinajstić information content (AvgIpc) is 3.38. The number of amides is 1. The van der Waals surface area contributed by atoms with Crippen LogP contribution in [0, 0.1) is 5.41 Å². The molecule has 0 fully saturated rings. The van der Waals surface area contributed by atoms with E-state index in [2.05, 4.69) is 4.98 Å². The Balaban J connectivity index is 1.84. The van der Waals surface area contributed by atoms with Crippen LogP contribution in [-0.4, -0.2) is 60.5 Å². The monoisotopic (exact) mass is 602 g/mol. The number of carboxylic acid groups (broad SMARTS) is 1. The summed E-state index contributed by atoms with van der Waals surface area (Å²) in [5, 5.41) is 20.4. The van der Waals surface area contributed by atoms with E-state index in [4.69, 9.17) is 25.8 Å². The van der Waals surface area contributed by atoms with Gasteiger partial charge in [-0.1, -0.05) is 44.5 Å². The van der Waals surface area contributed by atoms with E-state index in [-0.39, 0.29) is 37.8 Å². The highest BCUT2D eigenvalue weighted by atomic mass is 35.5. The molecule has 11 heteroatoms. The van der Waals surface area contributed by atoms with Crippen LogP contribution in [0.4, 0.5) is 5.69 Å². The number of nitrogens with zero attached hydrogens (tertiary/aromatic N) is 2. The van der Waals surface area contributed by atoms with Gasteiger partial charge < -0.3 is 29.3 Å². The predicted molar refractivity (Wildman–Crippen MR) is 157 cm³/mol. The number of aliphatic hydroxyl groups excluding tert-OH is 1. The molecule has 3 atom stereocenters. The Hall–Kier alpha value is -3.18. The average molecular weight is 603 g/mol. The van der Waals surface area contributed by atoms with Crippen molar-refractivity contribution in [3.8, 4) is 11.5 Å². The molecule has 0 saturated heterocycles. The smallest absolute Gasteiger partial charge is 0.303 e. The van der Waals surface area contributed by atoms with Crippen LogP contribution in [0.25, 0.3) is 0 Å². The number of fused-ring (bicyclic) bond motifs is 1. The van der Waals surface area contributed by atoms with Crippen molar-refractivity contribution < 1.29 is 34.0 Å². The van der Waals surface area contributed by atoms with Crippen LogP contribution in [0.3, 0.4) is 0 Å². The molecule has 2 aromatic carbocycles. The zero-order valence-corrected chi connectivity index (χ0v) is 25.3. The van der Waals surface area contributed by atoms with Crippen LogP contribution < -0.4 is 14.4 Å². The second-order valence-electron chi connectivity index (χ2n) is 10.9. The molecule has 0 saturated carbocycles. The summed E-state index contributed by atoms with van der Waals surface area (Å²) < 4.78 is 18.0. The SMILES string of the molecule is COc1cccc([C@H]2O[C@H](Cc3ncc(C(C)CC(=O)O)s3)C(=O)N(CC(C)(C)CO)c3ccc(Cl)cc32)c1OC. The molecule has 1 aliphatic rings. The van der Waals surface area contributed by atoms with Crippen molar-refractivity contribution in [2.75, 3.05) is 32.3 Å². The number of carbonyl (C=O) groups is 2. The van der Waals surface area contributed by atoms with Gasteiger partial charge in [0.05, 0.1) is 25.6 Å². The van der Waals surface area contributed by atoms with E-state index in [9.17, 15) is 19.8 Å². The topological polar surface area (TPSA) is 118 Å². The van der Waals surface area contributed by atoms with Gasteiger partial charge in [0.15, 0.2) is 11.5 Å². The van der Waals surface area contributed by atoms with Gasteiger partial charge >= 0.3 is 5.97 Å². The minimum absolute atomic E-state index is 0.0156. The maximum Gasteiger partial charge on any atom is 0.303 e. The molecule has 1 aliphatic heterocycles. The maximum absolute atomic E-state index is 14.3. The number of ether oxygens (including phenoxy) is 3. The van der Waals surface area contributed by atoms with Gasteiger partial charge in [-0.05, 0) is 24.3 Å². The van der Waals surface area contributed by atoms with Gasteiger partial charge in [-0.25, -0.2) is 4.98 Å². The zero-order valence-electron chi connectivity index (χ0n) is 23.7. The third kappa shape index (κ3) is 6.83. The molecule has 0 radical (unpaired) electrons. The first-order chi connectivity index (χ1) is 19.5. The largest absolute Gasteiger partial charge is 0.493 e. The lowest BCUT2D eigenvalue weighted by Crippen LogP contribution is -2.45. The normalized spacial score (nSPS) is 18.0. The number of carbonyl (C=O) groups excluding carboxylic acids is 1. The number of hydrogen-bond acceptors (Lipinski definition) is 8. The summed E-state index contributed by atoms with van der Waals surface area (Å²) in [6.07, 6.45) is 0.112. The summed E-state index contributed by atoms with van der Waals surface area (Å²) in [4.78, 5) is 32.5. The Morgan fingerprint density at radius 2 is 1.98 bits per heavy atom. The third-order valence-corrected chi connectivity index (χ3v) is 8.52. The minimum atomic E-state index is -0.953. The fraction of sp³-hybridized carbons (Fsp3) is 0.433. The fourth-order valence-electron chi connectivity index (χ4n) is 4.87. The second kappa shape index (κ2) is 12.8. The highest BCUT2D eigenvalue weighted by Gasteiger charge is 2.40. The summed E-state index contributed by atoms with van der Waals surface area (Å²) in [5.41, 5.74) is 1.34. The lowest BCUT2D eigenvalue weighted by Gasteiger charge is -2.32. The summed E-state index contributed by atoms with van der Waals surface area (Å²) in [5.74, 6) is -0.399. The van der Waals surface area contributed by atoms with Crippen molar-refractivity contribution in [2.45, 2.75) is 51.7 Å². The number of aliphatic hydroxyl groups is 1. The molecular weight excluding hydrogens is 568 g/mol. The van der Waals surface area contributed by atoms with E-state index in [0.29, 0.717) is 38.3 Å². The Labute approximate surface area is 248 Å². The molecule has 0 aliphatic carbocycles. The number of para-hydroxylation sites is 1. The number of rotatable bonds is 11. The van der Waals surface area contributed by atoms with Crippen molar-refractivity contribution in [2.24, 2.45) is 5.41 Å². The van der Waals surface area contributed by atoms with E-state index < -0.39 is 23.6 Å². The first kappa shape index (κ1) is 30.8. The number of anilines is 1. The molecule has 1 aromatic heterocycles. The van der Waals surface area contributed by atoms with E-state index in [0.717, 1.165) is 4.88 Å². The molecule has 2 N–H and O–H groups in total. The number of thiazole rings is 1. The highest BCUT2D eigenvalue weighted by molar-refractivity contribution is 7.11. The molecular formula is C30H35ClN2O7S. The van der Waals surface area contributed by atoms with E-state index in [1.165, 1.54) is 11.3 Å². The van der Waals surface area contributed by atoms with Gasteiger partial charge in [-0.2, -0.15) is 0 Å². The molecule has 41 heavy (non-hydrogen) atoms. The van der Waals surface area contributed by atoms with Crippen LogP contribution in [0.15, 0.2) is 42.6 Å². The van der Waals surface area contributed by atoms with Crippen molar-refractivity contribution in [3.63, 3.8) is 0 Å². The first-order valence-electron chi connectivity index (χ1n) is 13.2. The molecule has 2 heterocycles. The molecule has 1 unspecified atom stereocenters. The lowest BCUT2D eigenvalue weighted by molar-refractivity contribution is -0.137. The van der Waals surface area contributed by atoms with Gasteiger partial charge in [0, 0.05) is 63.8 Å². The number of methoxy groups -OCH3 is 2. The highest BCUT2D eigenvalue weighted by Crippen LogP contribution is 2.45. The third-order valence-electron chi connectivity index (χ3n) is 7.03. The zero-order chi connectivity index (χ0) is 29.9. The molecule has 0 spiro atoms. The number of halogens is 1. The minimum Gasteiger partial charge on any atom is -0.493 e. The molecule has 3 aromatic rings. The number of hydrogen-bond donors (Lipinski definition) is 2. The van der Waals surface area contributed by atoms with Crippen LogP contribution in [0.5, 0.6) is 11.5 Å². The quantitative estimate of drug-likeness (QED) is 0.296. The second-order valence-corrected chi connectivity index (χ2v) is 12.5. The van der Waals surface area contributed by atoms with Crippen molar-refractivity contribution in [1.29, 1.82) is 0 Å². The summed E-state index contributed by atoms with van der Waals surface area (Å²) in [6, 6.07) is 10.8. The number of benzene rings is 2.